The zero-order chi connectivity index (χ0) is 14.8. The number of methoxy groups -OCH3 is 1. The van der Waals surface area contributed by atoms with Crippen LogP contribution in [0.25, 0.3) is 10.8 Å². The van der Waals surface area contributed by atoms with Gasteiger partial charge in [0.05, 0.1) is 11.9 Å². The van der Waals surface area contributed by atoms with Gasteiger partial charge in [0, 0.05) is 10.0 Å². The Morgan fingerprint density at radius 2 is 1.67 bits per heavy atom. The monoisotopic (exact) mass is 404 g/mol. The van der Waals surface area contributed by atoms with Crippen molar-refractivity contribution in [3.8, 4) is 5.75 Å². The molecule has 0 bridgehead atoms. The van der Waals surface area contributed by atoms with E-state index in [1.54, 1.807) is 7.11 Å². The molecule has 0 spiro atoms. The Bertz CT molecular complexity index is 783. The summed E-state index contributed by atoms with van der Waals surface area (Å²) >= 11 is 7.33. The molecule has 0 amide bonds. The topological polar surface area (TPSA) is 9.23 Å². The van der Waals surface area contributed by atoms with Crippen LogP contribution in [0, 0.1) is 0 Å². The van der Waals surface area contributed by atoms with Gasteiger partial charge in [-0.3, -0.25) is 0 Å². The van der Waals surface area contributed by atoms with Gasteiger partial charge in [-0.2, -0.15) is 0 Å². The lowest BCUT2D eigenvalue weighted by Crippen LogP contribution is -1.97. The van der Waals surface area contributed by atoms with E-state index in [4.69, 9.17) is 4.74 Å². The molecule has 0 aliphatic carbocycles. The molecule has 0 fully saturated rings. The van der Waals surface area contributed by atoms with E-state index in [1.807, 2.05) is 12.1 Å². The minimum Gasteiger partial charge on any atom is -0.496 e. The van der Waals surface area contributed by atoms with E-state index in [1.165, 1.54) is 16.3 Å². The van der Waals surface area contributed by atoms with Gasteiger partial charge in [0.2, 0.25) is 0 Å². The van der Waals surface area contributed by atoms with Gasteiger partial charge in [-0.05, 0) is 40.6 Å². The van der Waals surface area contributed by atoms with Crippen LogP contribution in [0.3, 0.4) is 0 Å². The van der Waals surface area contributed by atoms with Crippen molar-refractivity contribution >= 4 is 42.6 Å². The Labute approximate surface area is 141 Å². The molecule has 1 unspecified atom stereocenters. The predicted molar refractivity (Wildman–Crippen MR) is 95.4 cm³/mol. The number of alkyl halides is 1. The molecular weight excluding hydrogens is 392 g/mol. The lowest BCUT2D eigenvalue weighted by atomic mass is 10.0. The Morgan fingerprint density at radius 3 is 2.43 bits per heavy atom. The molecule has 3 aromatic rings. The zero-order valence-electron chi connectivity index (χ0n) is 11.5. The lowest BCUT2D eigenvalue weighted by molar-refractivity contribution is 0.410. The molecule has 0 saturated carbocycles. The van der Waals surface area contributed by atoms with Crippen molar-refractivity contribution in [2.75, 3.05) is 7.11 Å². The van der Waals surface area contributed by atoms with Crippen molar-refractivity contribution in [2.24, 2.45) is 0 Å². The molecule has 106 valence electrons. The molecule has 0 radical (unpaired) electrons. The predicted octanol–water partition coefficient (Wildman–Crippen LogP) is 6.10. The maximum absolute atomic E-state index is 5.48. The summed E-state index contributed by atoms with van der Waals surface area (Å²) in [6.07, 6.45) is 0. The van der Waals surface area contributed by atoms with Gasteiger partial charge in [-0.15, -0.1) is 0 Å². The number of halogens is 2. The summed E-state index contributed by atoms with van der Waals surface area (Å²) in [7, 11) is 1.70. The van der Waals surface area contributed by atoms with Crippen molar-refractivity contribution in [3.63, 3.8) is 0 Å². The number of rotatable bonds is 3. The maximum atomic E-state index is 5.48. The third-order valence-corrected chi connectivity index (χ3v) is 5.05. The zero-order valence-corrected chi connectivity index (χ0v) is 14.7. The van der Waals surface area contributed by atoms with Crippen LogP contribution >= 0.6 is 31.9 Å². The third-order valence-electron chi connectivity index (χ3n) is 3.53. The molecule has 3 heteroatoms. The first kappa shape index (κ1) is 14.6. The fourth-order valence-corrected chi connectivity index (χ4v) is 3.47. The second-order valence-corrected chi connectivity index (χ2v) is 6.69. The standard InChI is InChI=1S/C18H14Br2O/c1-21-17-9-8-15(19)11-16(17)18(20)14-7-6-12-4-2-3-5-13(12)10-14/h2-11,18H,1H3. The summed E-state index contributed by atoms with van der Waals surface area (Å²) in [5, 5.41) is 2.50. The highest BCUT2D eigenvalue weighted by Gasteiger charge is 2.16. The summed E-state index contributed by atoms with van der Waals surface area (Å²) in [6.45, 7) is 0. The van der Waals surface area contributed by atoms with Gasteiger partial charge in [-0.25, -0.2) is 0 Å². The van der Waals surface area contributed by atoms with Crippen molar-refractivity contribution in [2.45, 2.75) is 4.83 Å². The molecular formula is C18H14Br2O. The first-order valence-corrected chi connectivity index (χ1v) is 8.36. The van der Waals surface area contributed by atoms with Gasteiger partial charge in [-0.1, -0.05) is 68.3 Å². The number of fused-ring (bicyclic) bond motifs is 1. The molecule has 3 aromatic carbocycles. The average Bonchev–Trinajstić information content (AvgIpc) is 2.53. The first-order valence-electron chi connectivity index (χ1n) is 6.65. The molecule has 0 heterocycles. The van der Waals surface area contributed by atoms with Gasteiger partial charge < -0.3 is 4.74 Å². The Kier molecular flexibility index (Phi) is 4.32. The van der Waals surface area contributed by atoms with Crippen molar-refractivity contribution in [1.82, 2.24) is 0 Å². The average molecular weight is 406 g/mol. The molecule has 1 nitrogen and oxygen atoms in total. The second-order valence-electron chi connectivity index (χ2n) is 4.86. The highest BCUT2D eigenvalue weighted by Crippen LogP contribution is 2.38. The summed E-state index contributed by atoms with van der Waals surface area (Å²) in [5.74, 6) is 0.883. The number of ether oxygens (including phenoxy) is 1. The smallest absolute Gasteiger partial charge is 0.123 e. The van der Waals surface area contributed by atoms with Crippen molar-refractivity contribution < 1.29 is 4.74 Å². The summed E-state index contributed by atoms with van der Waals surface area (Å²) in [5.41, 5.74) is 2.33. The van der Waals surface area contributed by atoms with E-state index in [-0.39, 0.29) is 4.83 Å². The van der Waals surface area contributed by atoms with Crippen molar-refractivity contribution in [1.29, 1.82) is 0 Å². The third kappa shape index (κ3) is 2.99. The fraction of sp³-hybridized carbons (Fsp3) is 0.111. The number of benzene rings is 3. The van der Waals surface area contributed by atoms with Gasteiger partial charge in [0.15, 0.2) is 0 Å². The minimum absolute atomic E-state index is 0.0922. The first-order chi connectivity index (χ1) is 10.2. The van der Waals surface area contributed by atoms with Gasteiger partial charge in [0.25, 0.3) is 0 Å². The van der Waals surface area contributed by atoms with Crippen LogP contribution in [0.15, 0.2) is 65.1 Å². The van der Waals surface area contributed by atoms with E-state index in [9.17, 15) is 0 Å². The van der Waals surface area contributed by atoms with Crippen LogP contribution in [-0.4, -0.2) is 7.11 Å². The highest BCUT2D eigenvalue weighted by atomic mass is 79.9. The largest absolute Gasteiger partial charge is 0.496 e. The molecule has 0 aromatic heterocycles. The molecule has 21 heavy (non-hydrogen) atoms. The van der Waals surface area contributed by atoms with E-state index in [2.05, 4.69) is 80.4 Å². The van der Waals surface area contributed by atoms with E-state index < -0.39 is 0 Å². The maximum Gasteiger partial charge on any atom is 0.123 e. The normalized spacial score (nSPS) is 12.3. The lowest BCUT2D eigenvalue weighted by Gasteiger charge is -2.16. The van der Waals surface area contributed by atoms with Gasteiger partial charge in [0.1, 0.15) is 5.75 Å². The van der Waals surface area contributed by atoms with Crippen molar-refractivity contribution in [3.05, 3.63) is 76.3 Å². The van der Waals surface area contributed by atoms with Crippen LogP contribution in [-0.2, 0) is 0 Å². The highest BCUT2D eigenvalue weighted by molar-refractivity contribution is 9.10. The van der Waals surface area contributed by atoms with Crippen LogP contribution in [0.4, 0.5) is 0 Å². The molecule has 3 rings (SSSR count). The number of hydrogen-bond acceptors (Lipinski definition) is 1. The van der Waals surface area contributed by atoms with Gasteiger partial charge >= 0.3 is 0 Å². The number of hydrogen-bond donors (Lipinski definition) is 0. The van der Waals surface area contributed by atoms with Crippen LogP contribution in [0.2, 0.25) is 0 Å². The molecule has 0 saturated heterocycles. The minimum atomic E-state index is 0.0922. The summed E-state index contributed by atoms with van der Waals surface area (Å²) in [6, 6.07) is 21.0. The van der Waals surface area contributed by atoms with Crippen LogP contribution < -0.4 is 4.74 Å². The van der Waals surface area contributed by atoms with E-state index in [0.717, 1.165) is 15.8 Å². The SMILES string of the molecule is COc1ccc(Br)cc1C(Br)c1ccc2ccccc2c1. The molecule has 0 aliphatic heterocycles. The summed E-state index contributed by atoms with van der Waals surface area (Å²) < 4.78 is 6.52. The quantitative estimate of drug-likeness (QED) is 0.478. The summed E-state index contributed by atoms with van der Waals surface area (Å²) in [4.78, 5) is 0.0922. The molecule has 0 aliphatic rings. The van der Waals surface area contributed by atoms with Crippen LogP contribution in [0.1, 0.15) is 16.0 Å². The van der Waals surface area contributed by atoms with E-state index >= 15 is 0 Å². The second kappa shape index (κ2) is 6.20. The Balaban J connectivity index is 2.07. The fourth-order valence-electron chi connectivity index (χ4n) is 2.45. The Hall–Kier alpha value is -1.32. The van der Waals surface area contributed by atoms with E-state index in [0.29, 0.717) is 0 Å². The Morgan fingerprint density at radius 1 is 0.905 bits per heavy atom. The molecule has 0 N–H and O–H groups in total. The van der Waals surface area contributed by atoms with Crippen LogP contribution in [0.5, 0.6) is 5.75 Å². The molecule has 1 atom stereocenters.